The lowest BCUT2D eigenvalue weighted by molar-refractivity contribution is -0.127. The van der Waals surface area contributed by atoms with E-state index in [0.717, 1.165) is 29.7 Å². The zero-order valence-corrected chi connectivity index (χ0v) is 14.3. The number of carbonyl (C=O) groups is 1. The summed E-state index contributed by atoms with van der Waals surface area (Å²) in [5.41, 5.74) is 2.26. The van der Waals surface area contributed by atoms with Gasteiger partial charge < -0.3 is 15.1 Å². The Hall–Kier alpha value is -1.07. The second-order valence-electron chi connectivity index (χ2n) is 5.11. The van der Waals surface area contributed by atoms with Crippen LogP contribution in [0.1, 0.15) is 18.9 Å². The van der Waals surface area contributed by atoms with Crippen molar-refractivity contribution >= 4 is 27.5 Å². The van der Waals surface area contributed by atoms with Gasteiger partial charge in [0.1, 0.15) is 0 Å². The molecule has 20 heavy (non-hydrogen) atoms. The average molecular weight is 342 g/mol. The summed E-state index contributed by atoms with van der Waals surface area (Å²) in [6, 6.07) is 6.25. The molecule has 0 aliphatic heterocycles. The summed E-state index contributed by atoms with van der Waals surface area (Å²) >= 11 is 3.59. The number of nitrogens with one attached hydrogen (secondary N) is 1. The van der Waals surface area contributed by atoms with E-state index in [1.807, 2.05) is 11.9 Å². The van der Waals surface area contributed by atoms with Gasteiger partial charge in [-0.25, -0.2) is 0 Å². The lowest BCUT2D eigenvalue weighted by atomic mass is 10.2. The summed E-state index contributed by atoms with van der Waals surface area (Å²) in [5, 5.41) is 3.38. The molecule has 112 valence electrons. The fourth-order valence-corrected chi connectivity index (χ4v) is 2.54. The van der Waals surface area contributed by atoms with E-state index < -0.39 is 0 Å². The van der Waals surface area contributed by atoms with Crippen LogP contribution in [0, 0.1) is 0 Å². The molecule has 0 bridgehead atoms. The Morgan fingerprint density at radius 1 is 1.30 bits per heavy atom. The molecule has 0 radical (unpaired) electrons. The number of rotatable bonds is 7. The lowest BCUT2D eigenvalue weighted by Gasteiger charge is -2.22. The van der Waals surface area contributed by atoms with E-state index in [2.05, 4.69) is 46.4 Å². The number of amides is 1. The lowest BCUT2D eigenvalue weighted by Crippen LogP contribution is -2.34. The minimum Gasteiger partial charge on any atom is -0.364 e. The van der Waals surface area contributed by atoms with Gasteiger partial charge in [-0.05, 0) is 46.6 Å². The molecule has 0 saturated carbocycles. The van der Waals surface area contributed by atoms with Gasteiger partial charge in [0, 0.05) is 32.2 Å². The Morgan fingerprint density at radius 2 is 2.00 bits per heavy atom. The predicted octanol–water partition coefficient (Wildman–Crippen LogP) is 2.47. The summed E-state index contributed by atoms with van der Waals surface area (Å²) in [4.78, 5) is 15.3. The van der Waals surface area contributed by atoms with Crippen LogP contribution in [0.5, 0.6) is 0 Å². The fourth-order valence-electron chi connectivity index (χ4n) is 1.81. The number of carbonyl (C=O) groups excluding carboxylic acids is 1. The Bertz CT molecular complexity index is 449. The van der Waals surface area contributed by atoms with Crippen LogP contribution >= 0.6 is 15.9 Å². The molecular weight excluding hydrogens is 318 g/mol. The van der Waals surface area contributed by atoms with Crippen molar-refractivity contribution in [2.24, 2.45) is 0 Å². The van der Waals surface area contributed by atoms with E-state index in [1.54, 1.807) is 19.0 Å². The van der Waals surface area contributed by atoms with Crippen LogP contribution < -0.4 is 10.2 Å². The second kappa shape index (κ2) is 8.27. The highest BCUT2D eigenvalue weighted by Crippen LogP contribution is 2.26. The topological polar surface area (TPSA) is 35.6 Å². The molecule has 1 amide bonds. The summed E-state index contributed by atoms with van der Waals surface area (Å²) in [5.74, 6) is 0.0908. The maximum atomic E-state index is 11.7. The molecule has 5 heteroatoms. The SMILES string of the molecule is CCCNCc1ccc(N(C)CC(=O)N(C)C)c(Br)c1. The monoisotopic (exact) mass is 341 g/mol. The number of hydrogen-bond acceptors (Lipinski definition) is 3. The number of nitrogens with zero attached hydrogens (tertiary/aromatic N) is 2. The van der Waals surface area contributed by atoms with Crippen molar-refractivity contribution in [2.45, 2.75) is 19.9 Å². The minimum atomic E-state index is 0.0908. The number of anilines is 1. The Labute approximate surface area is 130 Å². The minimum absolute atomic E-state index is 0.0908. The van der Waals surface area contributed by atoms with Crippen LogP contribution in [0.15, 0.2) is 22.7 Å². The van der Waals surface area contributed by atoms with Crippen molar-refractivity contribution in [1.82, 2.24) is 10.2 Å². The van der Waals surface area contributed by atoms with Crippen LogP contribution in [-0.4, -0.2) is 45.0 Å². The maximum absolute atomic E-state index is 11.7. The first-order chi connectivity index (χ1) is 9.45. The summed E-state index contributed by atoms with van der Waals surface area (Å²) < 4.78 is 1.02. The van der Waals surface area contributed by atoms with Gasteiger partial charge in [-0.2, -0.15) is 0 Å². The molecule has 0 saturated heterocycles. The quantitative estimate of drug-likeness (QED) is 0.774. The van der Waals surface area contributed by atoms with Crippen molar-refractivity contribution < 1.29 is 4.79 Å². The molecule has 0 aromatic heterocycles. The van der Waals surface area contributed by atoms with Gasteiger partial charge in [0.25, 0.3) is 0 Å². The number of halogens is 1. The van der Waals surface area contributed by atoms with Crippen molar-refractivity contribution in [1.29, 1.82) is 0 Å². The molecule has 4 nitrogen and oxygen atoms in total. The highest BCUT2D eigenvalue weighted by atomic mass is 79.9. The first-order valence-corrected chi connectivity index (χ1v) is 7.65. The van der Waals surface area contributed by atoms with Gasteiger partial charge in [0.15, 0.2) is 0 Å². The van der Waals surface area contributed by atoms with Gasteiger partial charge in [0.05, 0.1) is 12.2 Å². The van der Waals surface area contributed by atoms with Crippen molar-refractivity contribution in [3.63, 3.8) is 0 Å². The zero-order valence-electron chi connectivity index (χ0n) is 12.7. The normalized spacial score (nSPS) is 10.4. The summed E-state index contributed by atoms with van der Waals surface area (Å²) in [6.07, 6.45) is 1.13. The fraction of sp³-hybridized carbons (Fsp3) is 0.533. The second-order valence-corrected chi connectivity index (χ2v) is 5.96. The van der Waals surface area contributed by atoms with Crippen LogP contribution in [0.3, 0.4) is 0 Å². The van der Waals surface area contributed by atoms with Crippen molar-refractivity contribution in [2.75, 3.05) is 39.1 Å². The van der Waals surface area contributed by atoms with Crippen LogP contribution in [0.4, 0.5) is 5.69 Å². The molecule has 0 heterocycles. The molecule has 0 fully saturated rings. The van der Waals surface area contributed by atoms with Gasteiger partial charge in [-0.3, -0.25) is 4.79 Å². The molecule has 0 spiro atoms. The van der Waals surface area contributed by atoms with Gasteiger partial charge >= 0.3 is 0 Å². The maximum Gasteiger partial charge on any atom is 0.241 e. The van der Waals surface area contributed by atoms with E-state index >= 15 is 0 Å². The van der Waals surface area contributed by atoms with Crippen molar-refractivity contribution in [3.8, 4) is 0 Å². The first-order valence-electron chi connectivity index (χ1n) is 6.86. The zero-order chi connectivity index (χ0) is 15.1. The van der Waals surface area contributed by atoms with Crippen LogP contribution in [0.25, 0.3) is 0 Å². The highest BCUT2D eigenvalue weighted by molar-refractivity contribution is 9.10. The Kier molecular flexibility index (Phi) is 7.02. The molecular formula is C15H24BrN3O. The molecule has 1 aromatic carbocycles. The predicted molar refractivity (Wildman–Crippen MR) is 88.1 cm³/mol. The summed E-state index contributed by atoms with van der Waals surface area (Å²) in [7, 11) is 5.47. The Morgan fingerprint density at radius 3 is 2.55 bits per heavy atom. The first kappa shape index (κ1) is 17.0. The molecule has 0 atom stereocenters. The number of likely N-dealkylation sites (N-methyl/N-ethyl adjacent to an activating group) is 2. The third kappa shape index (κ3) is 5.13. The van der Waals surface area contributed by atoms with Gasteiger partial charge in [0.2, 0.25) is 5.91 Å². The van der Waals surface area contributed by atoms with Gasteiger partial charge in [-0.15, -0.1) is 0 Å². The molecule has 1 aromatic rings. The molecule has 1 N–H and O–H groups in total. The van der Waals surface area contributed by atoms with E-state index in [1.165, 1.54) is 5.56 Å². The molecule has 0 unspecified atom stereocenters. The third-order valence-corrected chi connectivity index (χ3v) is 3.69. The van der Waals surface area contributed by atoms with Gasteiger partial charge in [-0.1, -0.05) is 13.0 Å². The van der Waals surface area contributed by atoms with Crippen LogP contribution in [-0.2, 0) is 11.3 Å². The smallest absolute Gasteiger partial charge is 0.241 e. The van der Waals surface area contributed by atoms with Crippen molar-refractivity contribution in [3.05, 3.63) is 28.2 Å². The van der Waals surface area contributed by atoms with E-state index in [4.69, 9.17) is 0 Å². The largest absolute Gasteiger partial charge is 0.364 e. The number of benzene rings is 1. The van der Waals surface area contributed by atoms with E-state index in [-0.39, 0.29) is 5.91 Å². The third-order valence-electron chi connectivity index (χ3n) is 3.05. The average Bonchev–Trinajstić information content (AvgIpc) is 2.38. The molecule has 0 aliphatic rings. The van der Waals surface area contributed by atoms with E-state index in [9.17, 15) is 4.79 Å². The van der Waals surface area contributed by atoms with Crippen LogP contribution in [0.2, 0.25) is 0 Å². The standard InChI is InChI=1S/C15H24BrN3O/c1-5-8-17-10-12-6-7-14(13(16)9-12)19(4)11-15(20)18(2)3/h6-7,9,17H,5,8,10-11H2,1-4H3. The molecule has 0 aliphatic carbocycles. The highest BCUT2D eigenvalue weighted by Gasteiger charge is 2.11. The summed E-state index contributed by atoms with van der Waals surface area (Å²) in [6.45, 7) is 4.42. The number of hydrogen-bond donors (Lipinski definition) is 1. The molecule has 1 rings (SSSR count). The van der Waals surface area contributed by atoms with E-state index in [0.29, 0.717) is 6.54 Å². The Balaban J connectivity index is 2.69.